The maximum Gasteiger partial charge on any atom is 0.244 e. The first kappa shape index (κ1) is 17.5. The van der Waals surface area contributed by atoms with Gasteiger partial charge in [0.1, 0.15) is 17.6 Å². The number of aliphatic hydroxyl groups is 1. The average Bonchev–Trinajstić information content (AvgIpc) is 3.30. The highest BCUT2D eigenvalue weighted by molar-refractivity contribution is 7.08. The summed E-state index contributed by atoms with van der Waals surface area (Å²) >= 11 is 7.60. The number of halogens is 1. The van der Waals surface area contributed by atoms with E-state index in [2.05, 4.69) is 5.32 Å². The van der Waals surface area contributed by atoms with E-state index in [0.29, 0.717) is 16.5 Å². The molecule has 2 heterocycles. The minimum Gasteiger partial charge on any atom is -0.458 e. The Hall–Kier alpha value is -2.34. The van der Waals surface area contributed by atoms with Crippen molar-refractivity contribution in [2.24, 2.45) is 0 Å². The van der Waals surface area contributed by atoms with Gasteiger partial charge in [0.15, 0.2) is 0 Å². The maximum atomic E-state index is 11.9. The predicted octanol–water partition coefficient (Wildman–Crippen LogP) is 4.52. The predicted molar refractivity (Wildman–Crippen MR) is 100 cm³/mol. The van der Waals surface area contributed by atoms with Gasteiger partial charge in [-0.15, -0.1) is 0 Å². The van der Waals surface area contributed by atoms with Gasteiger partial charge in [-0.3, -0.25) is 4.79 Å². The van der Waals surface area contributed by atoms with Gasteiger partial charge in [-0.1, -0.05) is 29.8 Å². The molecular weight excluding hydrogens is 358 g/mol. The SMILES string of the molecule is O=C(C=Cc1ccccc1Cl)NCC(O)c1ccc(-c2ccsc2)o1. The summed E-state index contributed by atoms with van der Waals surface area (Å²) in [7, 11) is 0. The number of thiophene rings is 1. The number of amides is 1. The van der Waals surface area contributed by atoms with E-state index < -0.39 is 6.10 Å². The Morgan fingerprint density at radius 3 is 2.88 bits per heavy atom. The highest BCUT2D eigenvalue weighted by Gasteiger charge is 2.14. The molecule has 0 fully saturated rings. The molecule has 1 amide bonds. The third kappa shape index (κ3) is 4.60. The van der Waals surface area contributed by atoms with Gasteiger partial charge in [0.05, 0.1) is 6.54 Å². The second-order valence-corrected chi connectivity index (χ2v) is 6.52. The molecule has 3 aromatic rings. The van der Waals surface area contributed by atoms with Gasteiger partial charge in [-0.2, -0.15) is 11.3 Å². The van der Waals surface area contributed by atoms with Crippen molar-refractivity contribution in [1.29, 1.82) is 0 Å². The molecule has 25 heavy (non-hydrogen) atoms. The van der Waals surface area contributed by atoms with E-state index in [1.807, 2.05) is 35.0 Å². The quantitative estimate of drug-likeness (QED) is 0.624. The Morgan fingerprint density at radius 1 is 1.28 bits per heavy atom. The minimum absolute atomic E-state index is 0.0578. The summed E-state index contributed by atoms with van der Waals surface area (Å²) in [5.41, 5.74) is 1.72. The second-order valence-electron chi connectivity index (χ2n) is 5.33. The number of carbonyl (C=O) groups excluding carboxylic acids is 1. The Morgan fingerprint density at radius 2 is 2.12 bits per heavy atom. The molecule has 0 radical (unpaired) electrons. The summed E-state index contributed by atoms with van der Waals surface area (Å²) in [4.78, 5) is 11.9. The molecule has 0 saturated carbocycles. The number of carbonyl (C=O) groups is 1. The molecule has 0 aliphatic rings. The van der Waals surface area contributed by atoms with Crippen molar-refractivity contribution in [2.45, 2.75) is 6.10 Å². The molecule has 128 valence electrons. The lowest BCUT2D eigenvalue weighted by Gasteiger charge is -2.08. The number of rotatable bonds is 6. The van der Waals surface area contributed by atoms with Crippen molar-refractivity contribution in [1.82, 2.24) is 5.32 Å². The summed E-state index contributed by atoms with van der Waals surface area (Å²) in [5.74, 6) is 0.792. The first-order valence-electron chi connectivity index (χ1n) is 7.64. The van der Waals surface area contributed by atoms with Gasteiger partial charge in [0.25, 0.3) is 0 Å². The van der Waals surface area contributed by atoms with Crippen LogP contribution < -0.4 is 5.32 Å². The van der Waals surface area contributed by atoms with Gasteiger partial charge in [-0.25, -0.2) is 0 Å². The van der Waals surface area contributed by atoms with E-state index in [0.717, 1.165) is 11.1 Å². The van der Waals surface area contributed by atoms with Crippen LogP contribution in [0.1, 0.15) is 17.4 Å². The van der Waals surface area contributed by atoms with Crippen LogP contribution in [-0.4, -0.2) is 17.6 Å². The van der Waals surface area contributed by atoms with Crippen LogP contribution in [-0.2, 0) is 4.79 Å². The summed E-state index contributed by atoms with van der Waals surface area (Å²) < 4.78 is 5.64. The number of hydrogen-bond donors (Lipinski definition) is 2. The molecule has 0 spiro atoms. The van der Waals surface area contributed by atoms with Crippen LogP contribution in [0, 0.1) is 0 Å². The standard InChI is InChI=1S/C19H16ClNO3S/c20-15-4-2-1-3-13(15)5-8-19(23)21-11-16(22)18-7-6-17(24-18)14-9-10-25-12-14/h1-10,12,16,22H,11H2,(H,21,23). The molecule has 2 aromatic heterocycles. The van der Waals surface area contributed by atoms with Crippen LogP contribution in [0.5, 0.6) is 0 Å². The zero-order chi connectivity index (χ0) is 17.6. The number of hydrogen-bond acceptors (Lipinski definition) is 4. The number of aliphatic hydroxyl groups excluding tert-OH is 1. The van der Waals surface area contributed by atoms with E-state index in [4.69, 9.17) is 16.0 Å². The lowest BCUT2D eigenvalue weighted by molar-refractivity contribution is -0.116. The van der Waals surface area contributed by atoms with Crippen molar-refractivity contribution >= 4 is 34.9 Å². The van der Waals surface area contributed by atoms with Gasteiger partial charge in [0, 0.05) is 22.0 Å². The van der Waals surface area contributed by atoms with E-state index in [1.165, 1.54) is 6.08 Å². The topological polar surface area (TPSA) is 62.5 Å². The number of furan rings is 1. The van der Waals surface area contributed by atoms with Crippen molar-refractivity contribution in [3.8, 4) is 11.3 Å². The van der Waals surface area contributed by atoms with Crippen molar-refractivity contribution < 1.29 is 14.3 Å². The largest absolute Gasteiger partial charge is 0.458 e. The fourth-order valence-electron chi connectivity index (χ4n) is 2.22. The third-order valence-electron chi connectivity index (χ3n) is 3.55. The smallest absolute Gasteiger partial charge is 0.244 e. The zero-order valence-corrected chi connectivity index (χ0v) is 14.8. The van der Waals surface area contributed by atoms with E-state index in [-0.39, 0.29) is 12.5 Å². The molecule has 1 unspecified atom stereocenters. The highest BCUT2D eigenvalue weighted by Crippen LogP contribution is 2.26. The molecule has 6 heteroatoms. The molecule has 4 nitrogen and oxygen atoms in total. The zero-order valence-electron chi connectivity index (χ0n) is 13.2. The van der Waals surface area contributed by atoms with Crippen LogP contribution in [0.15, 0.2) is 63.7 Å². The molecule has 0 aliphatic carbocycles. The van der Waals surface area contributed by atoms with Crippen molar-refractivity contribution in [2.75, 3.05) is 6.54 Å². The van der Waals surface area contributed by atoms with Crippen molar-refractivity contribution in [3.05, 3.63) is 75.6 Å². The molecule has 2 N–H and O–H groups in total. The summed E-state index contributed by atoms with van der Waals surface area (Å²) in [6.45, 7) is 0.0578. The van der Waals surface area contributed by atoms with E-state index in [9.17, 15) is 9.90 Å². The molecule has 0 bridgehead atoms. The molecule has 0 aliphatic heterocycles. The molecule has 0 saturated heterocycles. The number of benzene rings is 1. The van der Waals surface area contributed by atoms with Crippen LogP contribution >= 0.6 is 22.9 Å². The Bertz CT molecular complexity index is 870. The van der Waals surface area contributed by atoms with Crippen LogP contribution in [0.2, 0.25) is 5.02 Å². The van der Waals surface area contributed by atoms with Gasteiger partial charge in [0.2, 0.25) is 5.91 Å². The lowest BCUT2D eigenvalue weighted by Crippen LogP contribution is -2.26. The second kappa shape index (κ2) is 8.16. The first-order valence-corrected chi connectivity index (χ1v) is 8.96. The Labute approximate surface area is 154 Å². The molecular formula is C19H16ClNO3S. The van der Waals surface area contributed by atoms with Gasteiger partial charge < -0.3 is 14.8 Å². The normalized spacial score (nSPS) is 12.4. The Balaban J connectivity index is 1.54. The van der Waals surface area contributed by atoms with Crippen LogP contribution in [0.25, 0.3) is 17.4 Å². The van der Waals surface area contributed by atoms with E-state index >= 15 is 0 Å². The average molecular weight is 374 g/mol. The summed E-state index contributed by atoms with van der Waals surface area (Å²) in [6.07, 6.45) is 2.10. The van der Waals surface area contributed by atoms with Crippen LogP contribution in [0.4, 0.5) is 0 Å². The molecule has 3 rings (SSSR count). The third-order valence-corrected chi connectivity index (χ3v) is 4.58. The minimum atomic E-state index is -0.912. The van der Waals surface area contributed by atoms with Crippen LogP contribution in [0.3, 0.4) is 0 Å². The molecule has 1 atom stereocenters. The highest BCUT2D eigenvalue weighted by atomic mass is 35.5. The van der Waals surface area contributed by atoms with E-state index in [1.54, 1.807) is 35.6 Å². The maximum absolute atomic E-state index is 11.9. The first-order chi connectivity index (χ1) is 12.1. The Kier molecular flexibility index (Phi) is 5.71. The van der Waals surface area contributed by atoms with Gasteiger partial charge in [-0.05, 0) is 41.3 Å². The lowest BCUT2D eigenvalue weighted by atomic mass is 10.2. The summed E-state index contributed by atoms with van der Waals surface area (Å²) in [6, 6.07) is 12.7. The number of nitrogens with one attached hydrogen (secondary N) is 1. The summed E-state index contributed by atoms with van der Waals surface area (Å²) in [5, 5.41) is 17.3. The van der Waals surface area contributed by atoms with Crippen molar-refractivity contribution in [3.63, 3.8) is 0 Å². The molecule has 1 aromatic carbocycles. The van der Waals surface area contributed by atoms with Gasteiger partial charge >= 0.3 is 0 Å². The fourth-order valence-corrected chi connectivity index (χ4v) is 3.07. The monoisotopic (exact) mass is 373 g/mol. The fraction of sp³-hybridized carbons (Fsp3) is 0.105.